The molecule has 3 aromatic carbocycles. The van der Waals surface area contributed by atoms with Crippen LogP contribution in [-0.4, -0.2) is 25.1 Å². The Kier molecular flexibility index (Phi) is 6.46. The summed E-state index contributed by atoms with van der Waals surface area (Å²) >= 11 is 0. The molecular formula is C24H20N2O4. The molecule has 0 saturated carbocycles. The third-order valence-electron chi connectivity index (χ3n) is 4.47. The SMILES string of the molecule is COc1ccc(/C=C(\C#N)C(=O)OC(C)C(=O)Nc2cccc3ccccc23)cc1. The minimum Gasteiger partial charge on any atom is -0.497 e. The van der Waals surface area contributed by atoms with E-state index in [4.69, 9.17) is 9.47 Å². The summed E-state index contributed by atoms with van der Waals surface area (Å²) in [5.74, 6) is -0.692. The highest BCUT2D eigenvalue weighted by Gasteiger charge is 2.21. The van der Waals surface area contributed by atoms with Gasteiger partial charge in [-0.05, 0) is 42.1 Å². The summed E-state index contributed by atoms with van der Waals surface area (Å²) < 4.78 is 10.3. The molecule has 1 unspecified atom stereocenters. The van der Waals surface area contributed by atoms with Gasteiger partial charge in [-0.15, -0.1) is 0 Å². The van der Waals surface area contributed by atoms with E-state index < -0.39 is 18.0 Å². The van der Waals surface area contributed by atoms with E-state index in [-0.39, 0.29) is 5.57 Å². The Morgan fingerprint density at radius 2 is 1.73 bits per heavy atom. The molecule has 1 amide bonds. The van der Waals surface area contributed by atoms with E-state index in [1.165, 1.54) is 13.0 Å². The number of nitrogens with zero attached hydrogens (tertiary/aromatic N) is 1. The second kappa shape index (κ2) is 9.39. The molecule has 0 spiro atoms. The molecule has 0 saturated heterocycles. The molecule has 0 bridgehead atoms. The minimum absolute atomic E-state index is 0.204. The van der Waals surface area contributed by atoms with Crippen LogP contribution < -0.4 is 10.1 Å². The molecule has 0 aliphatic heterocycles. The average molecular weight is 400 g/mol. The van der Waals surface area contributed by atoms with Gasteiger partial charge in [0.1, 0.15) is 17.4 Å². The van der Waals surface area contributed by atoms with Gasteiger partial charge >= 0.3 is 5.97 Å². The fourth-order valence-electron chi connectivity index (χ4n) is 2.85. The monoisotopic (exact) mass is 400 g/mol. The van der Waals surface area contributed by atoms with Crippen LogP contribution in [0.4, 0.5) is 5.69 Å². The van der Waals surface area contributed by atoms with Crippen molar-refractivity contribution in [1.82, 2.24) is 0 Å². The van der Waals surface area contributed by atoms with Crippen molar-refractivity contribution in [3.05, 3.63) is 77.9 Å². The highest BCUT2D eigenvalue weighted by molar-refractivity contribution is 6.05. The minimum atomic E-state index is -1.08. The number of carbonyl (C=O) groups excluding carboxylic acids is 2. The van der Waals surface area contributed by atoms with Crippen molar-refractivity contribution in [2.24, 2.45) is 0 Å². The maximum absolute atomic E-state index is 12.5. The Labute approximate surface area is 174 Å². The molecule has 0 aliphatic rings. The molecule has 0 aliphatic carbocycles. The lowest BCUT2D eigenvalue weighted by atomic mass is 10.1. The highest BCUT2D eigenvalue weighted by Crippen LogP contribution is 2.23. The summed E-state index contributed by atoms with van der Waals surface area (Å²) in [4.78, 5) is 24.9. The van der Waals surface area contributed by atoms with Crippen LogP contribution >= 0.6 is 0 Å². The first-order valence-corrected chi connectivity index (χ1v) is 9.27. The lowest BCUT2D eigenvalue weighted by molar-refractivity contribution is -0.148. The maximum Gasteiger partial charge on any atom is 0.349 e. The fraction of sp³-hybridized carbons (Fsp3) is 0.125. The summed E-state index contributed by atoms with van der Waals surface area (Å²) in [7, 11) is 1.55. The van der Waals surface area contributed by atoms with Crippen LogP contribution in [0.3, 0.4) is 0 Å². The number of rotatable bonds is 6. The number of fused-ring (bicyclic) bond motifs is 1. The van der Waals surface area contributed by atoms with E-state index in [1.54, 1.807) is 37.4 Å². The number of ether oxygens (including phenoxy) is 2. The molecule has 1 N–H and O–H groups in total. The first-order valence-electron chi connectivity index (χ1n) is 9.27. The van der Waals surface area contributed by atoms with Gasteiger partial charge in [0.2, 0.25) is 0 Å². The molecule has 0 aromatic heterocycles. The Hall–Kier alpha value is -4.11. The van der Waals surface area contributed by atoms with E-state index in [2.05, 4.69) is 5.32 Å². The van der Waals surface area contributed by atoms with Crippen LogP contribution in [0.25, 0.3) is 16.8 Å². The van der Waals surface area contributed by atoms with Gasteiger partial charge in [0.15, 0.2) is 6.10 Å². The highest BCUT2D eigenvalue weighted by atomic mass is 16.5. The second-order valence-electron chi connectivity index (χ2n) is 6.51. The Morgan fingerprint density at radius 3 is 2.43 bits per heavy atom. The predicted octanol–water partition coefficient (Wildman–Crippen LogP) is 4.33. The van der Waals surface area contributed by atoms with Crippen LogP contribution in [0, 0.1) is 11.3 Å². The van der Waals surface area contributed by atoms with Crippen molar-refractivity contribution in [1.29, 1.82) is 5.26 Å². The summed E-state index contributed by atoms with van der Waals surface area (Å²) in [5.41, 5.74) is 1.05. The van der Waals surface area contributed by atoms with Gasteiger partial charge < -0.3 is 14.8 Å². The lowest BCUT2D eigenvalue weighted by Crippen LogP contribution is -2.30. The molecule has 3 aromatic rings. The first-order chi connectivity index (χ1) is 14.5. The van der Waals surface area contributed by atoms with Crippen LogP contribution in [0.5, 0.6) is 5.75 Å². The number of anilines is 1. The van der Waals surface area contributed by atoms with Crippen molar-refractivity contribution < 1.29 is 19.1 Å². The number of esters is 1. The number of hydrogen-bond donors (Lipinski definition) is 1. The van der Waals surface area contributed by atoms with Gasteiger partial charge in [-0.3, -0.25) is 4.79 Å². The van der Waals surface area contributed by atoms with Gasteiger partial charge in [-0.25, -0.2) is 4.79 Å². The van der Waals surface area contributed by atoms with E-state index in [0.717, 1.165) is 10.8 Å². The molecule has 0 heterocycles. The predicted molar refractivity (Wildman–Crippen MR) is 115 cm³/mol. The fourth-order valence-corrected chi connectivity index (χ4v) is 2.85. The molecule has 1 atom stereocenters. The topological polar surface area (TPSA) is 88.4 Å². The van der Waals surface area contributed by atoms with Gasteiger partial charge in [0.25, 0.3) is 5.91 Å². The maximum atomic E-state index is 12.5. The van der Waals surface area contributed by atoms with Crippen LogP contribution in [0.1, 0.15) is 12.5 Å². The summed E-state index contributed by atoms with van der Waals surface area (Å²) in [6.07, 6.45) is 0.320. The Balaban J connectivity index is 1.69. The third-order valence-corrected chi connectivity index (χ3v) is 4.47. The molecule has 0 fully saturated rings. The first kappa shape index (κ1) is 20.6. The van der Waals surface area contributed by atoms with Crippen LogP contribution in [0.15, 0.2) is 72.3 Å². The number of amides is 1. The van der Waals surface area contributed by atoms with Crippen molar-refractivity contribution >= 4 is 34.4 Å². The number of benzene rings is 3. The average Bonchev–Trinajstić information content (AvgIpc) is 2.78. The zero-order chi connectivity index (χ0) is 21.5. The van der Waals surface area contributed by atoms with E-state index >= 15 is 0 Å². The van der Waals surface area contributed by atoms with Gasteiger partial charge in [-0.2, -0.15) is 5.26 Å². The van der Waals surface area contributed by atoms with Gasteiger partial charge in [0, 0.05) is 11.1 Å². The zero-order valence-electron chi connectivity index (χ0n) is 16.6. The van der Waals surface area contributed by atoms with Gasteiger partial charge in [0.05, 0.1) is 7.11 Å². The van der Waals surface area contributed by atoms with E-state index in [9.17, 15) is 14.9 Å². The summed E-state index contributed by atoms with van der Waals surface area (Å²) in [6.45, 7) is 1.46. The summed E-state index contributed by atoms with van der Waals surface area (Å²) in [6, 6.07) is 21.9. The number of carbonyl (C=O) groups is 2. The molecule has 30 heavy (non-hydrogen) atoms. The molecule has 6 nitrogen and oxygen atoms in total. The largest absolute Gasteiger partial charge is 0.497 e. The second-order valence-corrected chi connectivity index (χ2v) is 6.51. The van der Waals surface area contributed by atoms with Gasteiger partial charge in [-0.1, -0.05) is 48.5 Å². The van der Waals surface area contributed by atoms with Crippen LogP contribution in [0.2, 0.25) is 0 Å². The number of nitriles is 1. The van der Waals surface area contributed by atoms with E-state index in [0.29, 0.717) is 17.0 Å². The van der Waals surface area contributed by atoms with Crippen LogP contribution in [-0.2, 0) is 14.3 Å². The lowest BCUT2D eigenvalue weighted by Gasteiger charge is -2.14. The standard InChI is InChI=1S/C24H20N2O4/c1-16(23(27)26-22-9-5-7-18-6-3-4-8-21(18)22)30-24(28)19(15-25)14-17-10-12-20(29-2)13-11-17/h3-14,16H,1-2H3,(H,26,27)/b19-14+. The molecule has 3 rings (SSSR count). The van der Waals surface area contributed by atoms with Crippen molar-refractivity contribution in [3.63, 3.8) is 0 Å². The van der Waals surface area contributed by atoms with Crippen molar-refractivity contribution in [2.45, 2.75) is 13.0 Å². The molecule has 150 valence electrons. The molecule has 6 heteroatoms. The molecular weight excluding hydrogens is 380 g/mol. The van der Waals surface area contributed by atoms with Crippen molar-refractivity contribution in [2.75, 3.05) is 12.4 Å². The number of nitrogens with one attached hydrogen (secondary N) is 1. The smallest absolute Gasteiger partial charge is 0.349 e. The quantitative estimate of drug-likeness (QED) is 0.378. The number of hydrogen-bond acceptors (Lipinski definition) is 5. The van der Waals surface area contributed by atoms with E-state index in [1.807, 2.05) is 42.5 Å². The Morgan fingerprint density at radius 1 is 1.03 bits per heavy atom. The third kappa shape index (κ3) is 4.83. The number of methoxy groups -OCH3 is 1. The van der Waals surface area contributed by atoms with Crippen molar-refractivity contribution in [3.8, 4) is 11.8 Å². The Bertz CT molecular complexity index is 1140. The normalized spacial score (nSPS) is 12.0. The molecule has 0 radical (unpaired) electrons. The summed E-state index contributed by atoms with van der Waals surface area (Å²) in [5, 5.41) is 14.0. The zero-order valence-corrected chi connectivity index (χ0v) is 16.6.